The molecule has 0 saturated heterocycles. The highest BCUT2D eigenvalue weighted by Gasteiger charge is 2.32. The smallest absolute Gasteiger partial charge is 0.324 e. The van der Waals surface area contributed by atoms with E-state index in [1.807, 2.05) is 72.8 Å². The van der Waals surface area contributed by atoms with Gasteiger partial charge in [0.1, 0.15) is 5.70 Å². The number of amidine groups is 1. The van der Waals surface area contributed by atoms with E-state index in [4.69, 9.17) is 4.52 Å². The second-order valence-corrected chi connectivity index (χ2v) is 9.01. The topological polar surface area (TPSA) is 101 Å². The van der Waals surface area contributed by atoms with Gasteiger partial charge in [0.25, 0.3) is 12.1 Å². The standard InChI is InChI=1S/C26H22N6O3S/c1-30(2)31-16-24(35-29-31)28-23(33)17-36-26-27-22(25(34)32(26)20-12-4-3-5-13-20)15-19-11-8-10-18-9-6-7-14-21(18)19/h3-16H,17H2,1-2H3/b22-15+. The van der Waals surface area contributed by atoms with E-state index in [9.17, 15) is 9.90 Å². The van der Waals surface area contributed by atoms with Gasteiger partial charge in [-0.05, 0) is 40.4 Å². The van der Waals surface area contributed by atoms with Crippen molar-refractivity contribution in [3.8, 4) is 0 Å². The molecule has 0 atom stereocenters. The fourth-order valence-corrected chi connectivity index (χ4v) is 4.47. The van der Waals surface area contributed by atoms with Gasteiger partial charge in [0.15, 0.2) is 5.17 Å². The Morgan fingerprint density at radius 2 is 1.86 bits per heavy atom. The maximum absolute atomic E-state index is 13.4. The maximum Gasteiger partial charge on any atom is 0.324 e. The number of carbonyl (C=O) groups excluding carboxylic acids is 1. The largest absolute Gasteiger partial charge is 0.861 e. The summed E-state index contributed by atoms with van der Waals surface area (Å²) in [6, 6.07) is 23.1. The van der Waals surface area contributed by atoms with E-state index in [0.29, 0.717) is 16.6 Å². The quantitative estimate of drug-likeness (QED) is 0.175. The van der Waals surface area contributed by atoms with Gasteiger partial charge in [-0.1, -0.05) is 72.4 Å². The highest BCUT2D eigenvalue weighted by atomic mass is 32.2. The monoisotopic (exact) mass is 498 g/mol. The molecular weight excluding hydrogens is 476 g/mol. The Morgan fingerprint density at radius 3 is 2.64 bits per heavy atom. The molecule has 180 valence electrons. The number of aromatic nitrogens is 2. The van der Waals surface area contributed by atoms with Crippen LogP contribution in [0.4, 0.5) is 11.6 Å². The first-order chi connectivity index (χ1) is 17.5. The number of carbonyl (C=O) groups is 1. The molecule has 1 aromatic heterocycles. The first kappa shape index (κ1) is 23.3. The molecule has 3 aromatic carbocycles. The SMILES string of the molecule is CN(C)[n+]1cc(/N=C(/[O-])CSC2=N/C(=C/c3cccc4ccccc34)C(=O)N2c2ccccc2)on1. The van der Waals surface area contributed by atoms with Gasteiger partial charge in [-0.2, -0.15) is 5.01 Å². The van der Waals surface area contributed by atoms with Crippen LogP contribution in [-0.4, -0.2) is 42.1 Å². The third-order valence-electron chi connectivity index (χ3n) is 5.37. The zero-order valence-corrected chi connectivity index (χ0v) is 20.4. The lowest BCUT2D eigenvalue weighted by molar-refractivity contribution is -0.753. The number of nitrogens with zero attached hydrogens (tertiary/aromatic N) is 6. The molecule has 4 aromatic rings. The molecule has 9 nitrogen and oxygen atoms in total. The lowest BCUT2D eigenvalue weighted by Gasteiger charge is -2.18. The number of para-hydroxylation sites is 1. The number of benzene rings is 3. The number of aliphatic imine (C=N–C) groups is 2. The minimum Gasteiger partial charge on any atom is -0.861 e. The first-order valence-corrected chi connectivity index (χ1v) is 12.1. The van der Waals surface area contributed by atoms with Gasteiger partial charge in [0, 0.05) is 5.75 Å². The molecule has 0 N–H and O–H groups in total. The van der Waals surface area contributed by atoms with Crippen LogP contribution in [0.1, 0.15) is 5.56 Å². The summed E-state index contributed by atoms with van der Waals surface area (Å²) >= 11 is 1.14. The van der Waals surface area contributed by atoms with Gasteiger partial charge in [-0.15, -0.1) is 0 Å². The Bertz CT molecular complexity index is 1510. The number of anilines is 1. The molecule has 1 amide bonds. The van der Waals surface area contributed by atoms with E-state index in [0.717, 1.165) is 28.1 Å². The number of hydrogen-bond acceptors (Lipinski definition) is 8. The molecular formula is C26H22N6O3S. The summed E-state index contributed by atoms with van der Waals surface area (Å²) in [5.74, 6) is -0.630. The summed E-state index contributed by atoms with van der Waals surface area (Å²) in [5, 5.41) is 20.5. The van der Waals surface area contributed by atoms with Crippen molar-refractivity contribution >= 4 is 57.2 Å². The Kier molecular flexibility index (Phi) is 6.50. The second kappa shape index (κ2) is 10.0. The van der Waals surface area contributed by atoms with Crippen LogP contribution in [0, 0.1) is 0 Å². The third-order valence-corrected chi connectivity index (χ3v) is 6.30. The van der Waals surface area contributed by atoms with Crippen molar-refractivity contribution in [3.63, 3.8) is 0 Å². The van der Waals surface area contributed by atoms with E-state index in [-0.39, 0.29) is 17.5 Å². The van der Waals surface area contributed by atoms with Crippen molar-refractivity contribution in [2.75, 3.05) is 29.8 Å². The molecule has 0 radical (unpaired) electrons. The zero-order chi connectivity index (χ0) is 25.1. The van der Waals surface area contributed by atoms with Crippen LogP contribution < -0.4 is 19.8 Å². The molecule has 1 aliphatic heterocycles. The van der Waals surface area contributed by atoms with Crippen LogP contribution >= 0.6 is 11.8 Å². The summed E-state index contributed by atoms with van der Waals surface area (Å²) in [6.07, 6.45) is 3.29. The van der Waals surface area contributed by atoms with Crippen LogP contribution in [0.5, 0.6) is 0 Å². The molecule has 0 aliphatic carbocycles. The number of fused-ring (bicyclic) bond motifs is 1. The zero-order valence-electron chi connectivity index (χ0n) is 19.6. The summed E-state index contributed by atoms with van der Waals surface area (Å²) in [7, 11) is 3.56. The highest BCUT2D eigenvalue weighted by Crippen LogP contribution is 2.30. The average molecular weight is 499 g/mol. The van der Waals surface area contributed by atoms with Crippen LogP contribution in [-0.2, 0) is 4.79 Å². The van der Waals surface area contributed by atoms with Crippen molar-refractivity contribution in [3.05, 3.63) is 90.3 Å². The van der Waals surface area contributed by atoms with Crippen molar-refractivity contribution in [2.45, 2.75) is 0 Å². The average Bonchev–Trinajstić information content (AvgIpc) is 3.48. The van der Waals surface area contributed by atoms with Crippen LogP contribution in [0.3, 0.4) is 0 Å². The maximum atomic E-state index is 13.4. The van der Waals surface area contributed by atoms with Crippen molar-refractivity contribution in [1.29, 1.82) is 0 Å². The van der Waals surface area contributed by atoms with E-state index in [2.05, 4.69) is 15.3 Å². The van der Waals surface area contributed by atoms with Crippen molar-refractivity contribution < 1.29 is 19.2 Å². The van der Waals surface area contributed by atoms with Crippen LogP contribution in [0.25, 0.3) is 16.8 Å². The van der Waals surface area contributed by atoms with E-state index in [1.54, 1.807) is 25.2 Å². The number of thioether (sulfide) groups is 1. The molecule has 0 spiro atoms. The fraction of sp³-hybridized carbons (Fsp3) is 0.115. The van der Waals surface area contributed by atoms with Gasteiger partial charge in [0.05, 0.1) is 24.6 Å². The molecule has 36 heavy (non-hydrogen) atoms. The number of rotatable bonds is 6. The Hall–Kier alpha value is -4.44. The van der Waals surface area contributed by atoms with Gasteiger partial charge >= 0.3 is 5.88 Å². The fourth-order valence-electron chi connectivity index (χ4n) is 3.67. The van der Waals surface area contributed by atoms with Crippen LogP contribution in [0.2, 0.25) is 0 Å². The predicted molar refractivity (Wildman–Crippen MR) is 140 cm³/mol. The summed E-state index contributed by atoms with van der Waals surface area (Å²) in [5.41, 5.74) is 1.86. The number of hydrogen-bond donors (Lipinski definition) is 0. The third kappa shape index (κ3) is 4.84. The van der Waals surface area contributed by atoms with Crippen LogP contribution in [0.15, 0.2) is 99.2 Å². The first-order valence-electron chi connectivity index (χ1n) is 11.1. The Balaban J connectivity index is 1.44. The van der Waals surface area contributed by atoms with E-state index in [1.165, 1.54) is 15.9 Å². The Morgan fingerprint density at radius 1 is 1.11 bits per heavy atom. The van der Waals surface area contributed by atoms with Crippen molar-refractivity contribution in [2.24, 2.45) is 9.98 Å². The summed E-state index contributed by atoms with van der Waals surface area (Å²) < 4.78 is 5.07. The molecule has 0 fully saturated rings. The van der Waals surface area contributed by atoms with Gasteiger partial charge in [-0.25, -0.2) is 9.98 Å². The normalized spacial score (nSPS) is 15.1. The van der Waals surface area contributed by atoms with E-state index >= 15 is 0 Å². The molecule has 0 unspecified atom stereocenters. The van der Waals surface area contributed by atoms with Crippen molar-refractivity contribution in [1.82, 2.24) is 5.27 Å². The lowest BCUT2D eigenvalue weighted by atomic mass is 10.0. The second-order valence-electron chi connectivity index (χ2n) is 8.07. The summed E-state index contributed by atoms with van der Waals surface area (Å²) in [4.78, 5) is 24.9. The van der Waals surface area contributed by atoms with E-state index < -0.39 is 5.90 Å². The van der Waals surface area contributed by atoms with Gasteiger partial charge in [0.2, 0.25) is 5.27 Å². The summed E-state index contributed by atoms with van der Waals surface area (Å²) in [6.45, 7) is 0. The molecule has 5 rings (SSSR count). The lowest BCUT2D eigenvalue weighted by Crippen LogP contribution is -2.53. The minimum absolute atomic E-state index is 0.0281. The van der Waals surface area contributed by atoms with Gasteiger partial charge in [-0.3, -0.25) is 14.2 Å². The molecule has 2 heterocycles. The molecule has 0 bridgehead atoms. The van der Waals surface area contributed by atoms with Gasteiger partial charge < -0.3 is 5.11 Å². The predicted octanol–water partition coefficient (Wildman–Crippen LogP) is 2.88. The molecule has 0 saturated carbocycles. The highest BCUT2D eigenvalue weighted by molar-refractivity contribution is 8.14. The number of amides is 1. The minimum atomic E-state index is -0.434. The molecule has 1 aliphatic rings. The Labute approximate surface area is 211 Å². The molecule has 10 heteroatoms.